The average Bonchev–Trinajstić information content (AvgIpc) is 2.67. The standard InChI is InChI=1S/C17H17NO6S/c1-11(25(21,22)23)17-13-7-3-5-9-16(13)24-15-8-4-2-6-12(15)14(17)10-18(19)20/h2-9,11,14,17H,10H2,1H3,(H,21,22,23)/t11?,14-,17-/m0/s1. The van der Waals surface area contributed by atoms with Crippen LogP contribution in [0.5, 0.6) is 11.5 Å². The number of hydrogen-bond acceptors (Lipinski definition) is 5. The second-order valence-electron chi connectivity index (χ2n) is 6.05. The van der Waals surface area contributed by atoms with E-state index in [9.17, 15) is 23.1 Å². The number of hydrogen-bond donors (Lipinski definition) is 1. The molecule has 0 aliphatic carbocycles. The predicted octanol–water partition coefficient (Wildman–Crippen LogP) is 3.21. The maximum absolute atomic E-state index is 11.8. The third kappa shape index (κ3) is 3.35. The minimum absolute atomic E-state index is 0.432. The van der Waals surface area contributed by atoms with Gasteiger partial charge in [0, 0.05) is 22.0 Å². The van der Waals surface area contributed by atoms with Crippen molar-refractivity contribution in [3.05, 3.63) is 69.8 Å². The zero-order valence-corrected chi connectivity index (χ0v) is 14.2. The van der Waals surface area contributed by atoms with Gasteiger partial charge in [-0.25, -0.2) is 0 Å². The van der Waals surface area contributed by atoms with E-state index in [1.807, 2.05) is 0 Å². The van der Waals surface area contributed by atoms with Crippen LogP contribution >= 0.6 is 0 Å². The molecule has 1 aliphatic heterocycles. The first kappa shape index (κ1) is 17.4. The molecule has 3 rings (SSSR count). The predicted molar refractivity (Wildman–Crippen MR) is 91.3 cm³/mol. The van der Waals surface area contributed by atoms with Crippen molar-refractivity contribution in [1.82, 2.24) is 0 Å². The van der Waals surface area contributed by atoms with Crippen LogP contribution in [0.4, 0.5) is 0 Å². The summed E-state index contributed by atoms with van der Waals surface area (Å²) in [6, 6.07) is 13.7. The molecule has 0 spiro atoms. The number of ether oxygens (including phenoxy) is 1. The molecule has 0 saturated carbocycles. The summed E-state index contributed by atoms with van der Waals surface area (Å²) in [6.45, 7) is 0.886. The van der Waals surface area contributed by atoms with Gasteiger partial charge in [-0.05, 0) is 19.1 Å². The van der Waals surface area contributed by atoms with Crippen LogP contribution in [0.15, 0.2) is 48.5 Å². The Morgan fingerprint density at radius 3 is 2.20 bits per heavy atom. The van der Waals surface area contributed by atoms with Gasteiger partial charge in [-0.15, -0.1) is 0 Å². The quantitative estimate of drug-likeness (QED) is 0.508. The van der Waals surface area contributed by atoms with E-state index in [-0.39, 0.29) is 0 Å². The molecule has 0 fully saturated rings. The van der Waals surface area contributed by atoms with Crippen molar-refractivity contribution in [3.8, 4) is 11.5 Å². The number of nitrogens with zero attached hydrogens (tertiary/aromatic N) is 1. The lowest BCUT2D eigenvalue weighted by molar-refractivity contribution is -0.484. The second kappa shape index (κ2) is 6.45. The molecule has 2 aromatic carbocycles. The van der Waals surface area contributed by atoms with Crippen molar-refractivity contribution in [1.29, 1.82) is 0 Å². The van der Waals surface area contributed by atoms with Crippen LogP contribution in [0.25, 0.3) is 0 Å². The minimum Gasteiger partial charge on any atom is -0.457 e. The smallest absolute Gasteiger partial charge is 0.268 e. The van der Waals surface area contributed by atoms with Crippen molar-refractivity contribution < 1.29 is 22.6 Å². The summed E-state index contributed by atoms with van der Waals surface area (Å²) in [5, 5.41) is 10.0. The van der Waals surface area contributed by atoms with Gasteiger partial charge in [0.2, 0.25) is 6.54 Å². The van der Waals surface area contributed by atoms with E-state index < -0.39 is 38.7 Å². The Morgan fingerprint density at radius 1 is 1.12 bits per heavy atom. The van der Waals surface area contributed by atoms with Crippen LogP contribution in [-0.4, -0.2) is 29.7 Å². The summed E-state index contributed by atoms with van der Waals surface area (Å²) in [5.41, 5.74) is 1.08. The van der Waals surface area contributed by atoms with Gasteiger partial charge in [0.05, 0.1) is 11.2 Å². The Balaban J connectivity index is 2.28. The summed E-state index contributed by atoms with van der Waals surface area (Å²) in [7, 11) is -4.41. The van der Waals surface area contributed by atoms with Crippen molar-refractivity contribution in [2.45, 2.75) is 24.0 Å². The van der Waals surface area contributed by atoms with E-state index in [4.69, 9.17) is 4.74 Å². The molecule has 3 atom stereocenters. The number of benzene rings is 2. The van der Waals surface area contributed by atoms with Crippen molar-refractivity contribution in [3.63, 3.8) is 0 Å². The summed E-state index contributed by atoms with van der Waals surface area (Å²) in [6.07, 6.45) is 0. The molecule has 8 heteroatoms. The summed E-state index contributed by atoms with van der Waals surface area (Å²) in [4.78, 5) is 10.8. The summed E-state index contributed by atoms with van der Waals surface area (Å²) in [5.74, 6) is -0.694. The highest BCUT2D eigenvalue weighted by Crippen LogP contribution is 2.48. The molecule has 0 bridgehead atoms. The number of nitro groups is 1. The Labute approximate surface area is 145 Å². The Hall–Kier alpha value is -2.45. The van der Waals surface area contributed by atoms with Crippen molar-refractivity contribution >= 4 is 10.1 Å². The van der Waals surface area contributed by atoms with E-state index >= 15 is 0 Å². The van der Waals surface area contributed by atoms with Crippen molar-refractivity contribution in [2.24, 2.45) is 0 Å². The molecule has 1 aliphatic rings. The minimum atomic E-state index is -4.41. The lowest BCUT2D eigenvalue weighted by atomic mass is 9.79. The van der Waals surface area contributed by atoms with E-state index in [1.54, 1.807) is 48.5 Å². The SMILES string of the molecule is CC([C@H]1c2ccccc2Oc2ccccc2[C@@H]1C[N+](=O)[O-])S(=O)(=O)O. The van der Waals surface area contributed by atoms with Crippen LogP contribution in [-0.2, 0) is 10.1 Å². The van der Waals surface area contributed by atoms with Gasteiger partial charge in [0.1, 0.15) is 11.5 Å². The molecule has 1 unspecified atom stereocenters. The fraction of sp³-hybridized carbons (Fsp3) is 0.294. The maximum atomic E-state index is 11.8. The van der Waals surface area contributed by atoms with Gasteiger partial charge in [0.25, 0.3) is 10.1 Å². The molecule has 1 heterocycles. The third-order valence-electron chi connectivity index (χ3n) is 4.57. The van der Waals surface area contributed by atoms with Gasteiger partial charge in [-0.2, -0.15) is 8.42 Å². The zero-order chi connectivity index (χ0) is 18.2. The largest absolute Gasteiger partial charge is 0.457 e. The average molecular weight is 363 g/mol. The Morgan fingerprint density at radius 2 is 1.64 bits per heavy atom. The van der Waals surface area contributed by atoms with E-state index in [1.165, 1.54) is 6.92 Å². The fourth-order valence-corrected chi connectivity index (χ4v) is 4.10. The third-order valence-corrected chi connectivity index (χ3v) is 5.80. The molecule has 132 valence electrons. The zero-order valence-electron chi connectivity index (χ0n) is 13.4. The molecule has 0 saturated heterocycles. The molecule has 2 aromatic rings. The highest BCUT2D eigenvalue weighted by molar-refractivity contribution is 7.86. The van der Waals surface area contributed by atoms with Gasteiger partial charge in [-0.3, -0.25) is 14.7 Å². The topological polar surface area (TPSA) is 107 Å². The Kier molecular flexibility index (Phi) is 4.49. The van der Waals surface area contributed by atoms with Gasteiger partial charge >= 0.3 is 0 Å². The van der Waals surface area contributed by atoms with Crippen LogP contribution in [0.3, 0.4) is 0 Å². The van der Waals surface area contributed by atoms with E-state index in [0.29, 0.717) is 22.6 Å². The first-order chi connectivity index (χ1) is 11.8. The lowest BCUT2D eigenvalue weighted by Gasteiger charge is -2.27. The molecule has 25 heavy (non-hydrogen) atoms. The van der Waals surface area contributed by atoms with E-state index in [0.717, 1.165) is 0 Å². The molecule has 0 radical (unpaired) electrons. The molecular formula is C17H17NO6S. The normalized spacial score (nSPS) is 20.6. The van der Waals surface area contributed by atoms with Gasteiger partial charge < -0.3 is 4.74 Å². The van der Waals surface area contributed by atoms with Crippen LogP contribution in [0.2, 0.25) is 0 Å². The molecule has 1 N–H and O–H groups in total. The molecule has 0 amide bonds. The van der Waals surface area contributed by atoms with Crippen LogP contribution in [0, 0.1) is 10.1 Å². The number of rotatable bonds is 4. The fourth-order valence-electron chi connectivity index (χ4n) is 3.40. The highest BCUT2D eigenvalue weighted by atomic mass is 32.2. The van der Waals surface area contributed by atoms with Crippen molar-refractivity contribution in [2.75, 3.05) is 6.54 Å². The lowest BCUT2D eigenvalue weighted by Crippen LogP contribution is -2.32. The summed E-state index contributed by atoms with van der Waals surface area (Å²) >= 11 is 0. The first-order valence-corrected chi connectivity index (χ1v) is 9.23. The number of fused-ring (bicyclic) bond motifs is 2. The molecule has 0 aromatic heterocycles. The van der Waals surface area contributed by atoms with Gasteiger partial charge in [-0.1, -0.05) is 36.4 Å². The first-order valence-electron chi connectivity index (χ1n) is 7.73. The Bertz CT molecular complexity index is 911. The molecule has 7 nitrogen and oxygen atoms in total. The monoisotopic (exact) mass is 363 g/mol. The highest BCUT2D eigenvalue weighted by Gasteiger charge is 2.42. The van der Waals surface area contributed by atoms with Crippen LogP contribution < -0.4 is 4.74 Å². The van der Waals surface area contributed by atoms with Crippen LogP contribution in [0.1, 0.15) is 29.9 Å². The maximum Gasteiger partial charge on any atom is 0.268 e. The second-order valence-corrected chi connectivity index (χ2v) is 7.82. The number of para-hydroxylation sites is 2. The van der Waals surface area contributed by atoms with E-state index in [2.05, 4.69) is 0 Å². The molecular weight excluding hydrogens is 346 g/mol. The van der Waals surface area contributed by atoms with Gasteiger partial charge in [0.15, 0.2) is 0 Å². The summed E-state index contributed by atoms with van der Waals surface area (Å²) < 4.78 is 39.2.